The molecule has 23 heavy (non-hydrogen) atoms. The Hall–Kier alpha value is -3.21. The first-order valence-electron chi connectivity index (χ1n) is 7.23. The molecule has 5 heteroatoms. The maximum atomic E-state index is 11.9. The molecule has 0 saturated carbocycles. The van der Waals surface area contributed by atoms with Gasteiger partial charge in [-0.15, -0.1) is 0 Å². The Morgan fingerprint density at radius 3 is 2.52 bits per heavy atom. The minimum atomic E-state index is -0.247. The second-order valence-corrected chi connectivity index (χ2v) is 5.14. The van der Waals surface area contributed by atoms with Crippen LogP contribution in [0.5, 0.6) is 0 Å². The summed E-state index contributed by atoms with van der Waals surface area (Å²) in [6, 6.07) is 17.5. The number of hydrogen-bond acceptors (Lipinski definition) is 4. The lowest BCUT2D eigenvalue weighted by Gasteiger charge is -1.97. The SMILES string of the molecule is Cc1ccc(/C=C2/N=C(NN=Cc3ccccc3)NC2=O)cc1. The van der Waals surface area contributed by atoms with Gasteiger partial charge in [0, 0.05) is 0 Å². The predicted octanol–water partition coefficient (Wildman–Crippen LogP) is 2.45. The number of carbonyl (C=O) groups is 1. The number of aliphatic imine (C=N–C) groups is 1. The monoisotopic (exact) mass is 304 g/mol. The molecule has 0 saturated heterocycles. The van der Waals surface area contributed by atoms with E-state index in [2.05, 4.69) is 20.8 Å². The van der Waals surface area contributed by atoms with Gasteiger partial charge < -0.3 is 0 Å². The summed E-state index contributed by atoms with van der Waals surface area (Å²) in [7, 11) is 0. The zero-order valence-corrected chi connectivity index (χ0v) is 12.7. The first-order valence-corrected chi connectivity index (χ1v) is 7.23. The lowest BCUT2D eigenvalue weighted by Crippen LogP contribution is -2.33. The minimum absolute atomic E-state index is 0.247. The molecule has 1 amide bonds. The molecule has 0 fully saturated rings. The Morgan fingerprint density at radius 1 is 1.04 bits per heavy atom. The van der Waals surface area contributed by atoms with E-state index in [9.17, 15) is 4.79 Å². The van der Waals surface area contributed by atoms with Crippen LogP contribution in [0.2, 0.25) is 0 Å². The minimum Gasteiger partial charge on any atom is -0.289 e. The van der Waals surface area contributed by atoms with Crippen LogP contribution in [0.4, 0.5) is 0 Å². The third-order valence-electron chi connectivity index (χ3n) is 3.26. The molecule has 0 spiro atoms. The number of hydrogen-bond donors (Lipinski definition) is 2. The van der Waals surface area contributed by atoms with E-state index in [0.29, 0.717) is 11.7 Å². The zero-order valence-electron chi connectivity index (χ0n) is 12.7. The summed E-state index contributed by atoms with van der Waals surface area (Å²) in [6.07, 6.45) is 3.40. The Balaban J connectivity index is 1.69. The van der Waals surface area contributed by atoms with E-state index in [1.54, 1.807) is 12.3 Å². The lowest BCUT2D eigenvalue weighted by molar-refractivity contribution is -0.115. The summed E-state index contributed by atoms with van der Waals surface area (Å²) in [5, 5.41) is 6.70. The van der Waals surface area contributed by atoms with E-state index in [1.807, 2.05) is 61.5 Å². The molecule has 1 aliphatic rings. The van der Waals surface area contributed by atoms with Crippen LogP contribution in [0.15, 0.2) is 70.4 Å². The predicted molar refractivity (Wildman–Crippen MR) is 91.9 cm³/mol. The standard InChI is InChI=1S/C18H16N4O/c1-13-7-9-14(10-8-13)11-16-17(23)21-18(20-16)22-19-12-15-5-3-2-4-6-15/h2-12H,1H3,(H2,20,21,22,23)/b16-11+,19-12?. The number of guanidine groups is 1. The van der Waals surface area contributed by atoms with Crippen LogP contribution in [0.1, 0.15) is 16.7 Å². The number of amides is 1. The molecule has 2 N–H and O–H groups in total. The van der Waals surface area contributed by atoms with Gasteiger partial charge in [0.05, 0.1) is 6.21 Å². The highest BCUT2D eigenvalue weighted by molar-refractivity contribution is 6.13. The number of aryl methyl sites for hydroxylation is 1. The number of nitrogens with one attached hydrogen (secondary N) is 2. The van der Waals surface area contributed by atoms with Crippen molar-refractivity contribution in [2.75, 3.05) is 0 Å². The smallest absolute Gasteiger partial charge is 0.276 e. The lowest BCUT2D eigenvalue weighted by atomic mass is 10.1. The molecule has 5 nitrogen and oxygen atoms in total. The van der Waals surface area contributed by atoms with Crippen molar-refractivity contribution in [1.82, 2.24) is 10.7 Å². The molecule has 0 aromatic heterocycles. The van der Waals surface area contributed by atoms with E-state index in [-0.39, 0.29) is 5.91 Å². The van der Waals surface area contributed by atoms with Crippen LogP contribution in [-0.2, 0) is 4.79 Å². The summed E-state index contributed by atoms with van der Waals surface area (Å²) in [5.41, 5.74) is 6.14. The van der Waals surface area contributed by atoms with Gasteiger partial charge in [-0.1, -0.05) is 60.2 Å². The third-order valence-corrected chi connectivity index (χ3v) is 3.26. The topological polar surface area (TPSA) is 65.8 Å². The van der Waals surface area contributed by atoms with Gasteiger partial charge in [0.1, 0.15) is 5.70 Å². The van der Waals surface area contributed by atoms with Crippen LogP contribution in [-0.4, -0.2) is 18.1 Å². The summed E-state index contributed by atoms with van der Waals surface area (Å²) in [5.74, 6) is 0.0727. The maximum Gasteiger partial charge on any atom is 0.276 e. The van der Waals surface area contributed by atoms with Gasteiger partial charge in [0.2, 0.25) is 5.96 Å². The normalized spacial score (nSPS) is 15.8. The fourth-order valence-electron chi connectivity index (χ4n) is 2.05. The van der Waals surface area contributed by atoms with E-state index in [4.69, 9.17) is 0 Å². The highest BCUT2D eigenvalue weighted by Crippen LogP contribution is 2.12. The van der Waals surface area contributed by atoms with Crippen molar-refractivity contribution in [3.8, 4) is 0 Å². The van der Waals surface area contributed by atoms with Crippen molar-refractivity contribution >= 4 is 24.2 Å². The van der Waals surface area contributed by atoms with Gasteiger partial charge in [-0.2, -0.15) is 5.10 Å². The van der Waals surface area contributed by atoms with Crippen LogP contribution in [0.3, 0.4) is 0 Å². The van der Waals surface area contributed by atoms with Gasteiger partial charge in [0.15, 0.2) is 0 Å². The molecule has 0 aliphatic carbocycles. The molecular formula is C18H16N4O. The van der Waals surface area contributed by atoms with Gasteiger partial charge >= 0.3 is 0 Å². The van der Waals surface area contributed by atoms with Gasteiger partial charge in [0.25, 0.3) is 5.91 Å². The molecule has 2 aromatic carbocycles. The summed E-state index contributed by atoms with van der Waals surface area (Å²) in [4.78, 5) is 16.1. The van der Waals surface area contributed by atoms with E-state index >= 15 is 0 Å². The summed E-state index contributed by atoms with van der Waals surface area (Å²) >= 11 is 0. The number of hydrazone groups is 1. The van der Waals surface area contributed by atoms with Crippen molar-refractivity contribution in [1.29, 1.82) is 0 Å². The molecule has 3 rings (SSSR count). The van der Waals surface area contributed by atoms with Gasteiger partial charge in [-0.05, 0) is 24.1 Å². The highest BCUT2D eigenvalue weighted by Gasteiger charge is 2.19. The van der Waals surface area contributed by atoms with Crippen LogP contribution < -0.4 is 10.7 Å². The van der Waals surface area contributed by atoms with E-state index in [0.717, 1.165) is 11.1 Å². The summed E-state index contributed by atoms with van der Waals surface area (Å²) < 4.78 is 0. The Bertz CT molecular complexity index is 790. The maximum absolute atomic E-state index is 11.9. The summed E-state index contributed by atoms with van der Waals surface area (Å²) in [6.45, 7) is 2.02. The molecule has 0 radical (unpaired) electrons. The van der Waals surface area contributed by atoms with Crippen molar-refractivity contribution in [3.05, 3.63) is 77.0 Å². The van der Waals surface area contributed by atoms with Gasteiger partial charge in [-0.3, -0.25) is 10.1 Å². The molecule has 0 atom stereocenters. The van der Waals surface area contributed by atoms with Crippen LogP contribution in [0.25, 0.3) is 6.08 Å². The average Bonchev–Trinajstić information content (AvgIpc) is 2.90. The second kappa shape index (κ2) is 6.70. The molecule has 1 aliphatic heterocycles. The fourth-order valence-corrected chi connectivity index (χ4v) is 2.05. The number of benzene rings is 2. The Labute approximate surface area is 134 Å². The van der Waals surface area contributed by atoms with Crippen LogP contribution >= 0.6 is 0 Å². The van der Waals surface area contributed by atoms with E-state index < -0.39 is 0 Å². The molecule has 0 bridgehead atoms. The number of nitrogens with zero attached hydrogens (tertiary/aromatic N) is 2. The molecule has 1 heterocycles. The Kier molecular flexibility index (Phi) is 4.29. The first kappa shape index (κ1) is 14.7. The molecule has 0 unspecified atom stereocenters. The largest absolute Gasteiger partial charge is 0.289 e. The van der Waals surface area contributed by atoms with E-state index in [1.165, 1.54) is 5.56 Å². The first-order chi connectivity index (χ1) is 11.2. The van der Waals surface area contributed by atoms with Crippen molar-refractivity contribution in [2.45, 2.75) is 6.92 Å². The average molecular weight is 304 g/mol. The zero-order chi connectivity index (χ0) is 16.1. The van der Waals surface area contributed by atoms with Crippen molar-refractivity contribution in [2.24, 2.45) is 10.1 Å². The van der Waals surface area contributed by atoms with Gasteiger partial charge in [-0.25, -0.2) is 10.4 Å². The number of rotatable bonds is 3. The highest BCUT2D eigenvalue weighted by atomic mass is 16.2. The quantitative estimate of drug-likeness (QED) is 0.519. The van der Waals surface area contributed by atoms with Crippen molar-refractivity contribution in [3.63, 3.8) is 0 Å². The number of carbonyl (C=O) groups excluding carboxylic acids is 1. The fraction of sp³-hybridized carbons (Fsp3) is 0.0556. The molecule has 114 valence electrons. The molecule has 2 aromatic rings. The Morgan fingerprint density at radius 2 is 1.78 bits per heavy atom. The van der Waals surface area contributed by atoms with Crippen LogP contribution in [0, 0.1) is 6.92 Å². The molecular weight excluding hydrogens is 288 g/mol. The second-order valence-electron chi connectivity index (χ2n) is 5.14. The third kappa shape index (κ3) is 3.91. The van der Waals surface area contributed by atoms with Crippen molar-refractivity contribution < 1.29 is 4.79 Å².